The fourth-order valence-corrected chi connectivity index (χ4v) is 3.30. The molecule has 1 aromatic rings. The molecule has 0 atom stereocenters. The molecule has 1 heterocycles. The molecule has 2 N–H and O–H groups in total. The van der Waals surface area contributed by atoms with E-state index in [1.54, 1.807) is 0 Å². The summed E-state index contributed by atoms with van der Waals surface area (Å²) in [4.78, 5) is 6.50. The van der Waals surface area contributed by atoms with Crippen LogP contribution >= 0.6 is 11.6 Å². The van der Waals surface area contributed by atoms with E-state index < -0.39 is 0 Å². The van der Waals surface area contributed by atoms with Gasteiger partial charge in [-0.3, -0.25) is 4.99 Å². The van der Waals surface area contributed by atoms with Crippen molar-refractivity contribution in [3.63, 3.8) is 0 Å². The van der Waals surface area contributed by atoms with Gasteiger partial charge < -0.3 is 15.4 Å². The molecule has 1 aliphatic carbocycles. The van der Waals surface area contributed by atoms with Crippen molar-refractivity contribution in [1.29, 1.82) is 0 Å². The SMILES string of the molecule is CCOC1CC2(CN=C(N)N2c2ccccc2Cl)C1. The number of aliphatic imine (C=N–C) groups is 1. The van der Waals surface area contributed by atoms with Crippen molar-refractivity contribution in [2.24, 2.45) is 10.7 Å². The number of halogens is 1. The maximum atomic E-state index is 6.29. The maximum Gasteiger partial charge on any atom is 0.196 e. The quantitative estimate of drug-likeness (QED) is 0.924. The number of hydrogen-bond acceptors (Lipinski definition) is 4. The summed E-state index contributed by atoms with van der Waals surface area (Å²) in [6, 6.07) is 7.77. The van der Waals surface area contributed by atoms with Crippen LogP contribution in [0.4, 0.5) is 5.69 Å². The molecule has 1 aliphatic heterocycles. The number of guanidine groups is 1. The van der Waals surface area contributed by atoms with Crippen LogP contribution in [0, 0.1) is 0 Å². The summed E-state index contributed by atoms with van der Waals surface area (Å²) in [5, 5.41) is 0.710. The highest BCUT2D eigenvalue weighted by Crippen LogP contribution is 2.46. The first-order chi connectivity index (χ1) is 9.16. The highest BCUT2D eigenvalue weighted by Gasteiger charge is 2.53. The average molecular weight is 280 g/mol. The van der Waals surface area contributed by atoms with Crippen LogP contribution in [0.5, 0.6) is 0 Å². The highest BCUT2D eigenvalue weighted by molar-refractivity contribution is 6.34. The molecule has 1 saturated carbocycles. The molecule has 5 heteroatoms. The van der Waals surface area contributed by atoms with Gasteiger partial charge in [0.1, 0.15) is 0 Å². The third-order valence-electron chi connectivity index (χ3n) is 3.95. The summed E-state index contributed by atoms with van der Waals surface area (Å²) in [5.74, 6) is 0.558. The van der Waals surface area contributed by atoms with Gasteiger partial charge in [0.25, 0.3) is 0 Å². The number of ether oxygens (including phenoxy) is 1. The second-order valence-corrected chi connectivity index (χ2v) is 5.58. The number of para-hydroxylation sites is 1. The van der Waals surface area contributed by atoms with Crippen LogP contribution in [0.2, 0.25) is 5.02 Å². The summed E-state index contributed by atoms with van der Waals surface area (Å²) < 4.78 is 5.66. The molecule has 0 unspecified atom stereocenters. The van der Waals surface area contributed by atoms with E-state index >= 15 is 0 Å². The molecule has 19 heavy (non-hydrogen) atoms. The van der Waals surface area contributed by atoms with E-state index in [-0.39, 0.29) is 5.54 Å². The van der Waals surface area contributed by atoms with Crippen LogP contribution in [0.1, 0.15) is 19.8 Å². The third-order valence-corrected chi connectivity index (χ3v) is 4.27. The standard InChI is InChI=1S/C14H18ClN3O/c1-2-19-10-7-14(8-10)9-17-13(16)18(14)12-6-4-3-5-11(12)15/h3-6,10H,2,7-9H2,1H3,(H2,16,17). The van der Waals surface area contributed by atoms with E-state index in [1.807, 2.05) is 31.2 Å². The Bertz CT molecular complexity index is 511. The van der Waals surface area contributed by atoms with E-state index in [1.165, 1.54) is 0 Å². The topological polar surface area (TPSA) is 50.9 Å². The smallest absolute Gasteiger partial charge is 0.196 e. The Labute approximate surface area is 118 Å². The largest absolute Gasteiger partial charge is 0.378 e. The lowest BCUT2D eigenvalue weighted by molar-refractivity contribution is -0.0306. The lowest BCUT2D eigenvalue weighted by Crippen LogP contribution is -2.62. The number of nitrogens with zero attached hydrogens (tertiary/aromatic N) is 2. The zero-order valence-electron chi connectivity index (χ0n) is 11.0. The molecule has 0 bridgehead atoms. The molecule has 0 radical (unpaired) electrons. The lowest BCUT2D eigenvalue weighted by atomic mass is 9.73. The van der Waals surface area contributed by atoms with E-state index in [2.05, 4.69) is 9.89 Å². The van der Waals surface area contributed by atoms with E-state index in [0.29, 0.717) is 17.1 Å². The van der Waals surface area contributed by atoms with Crippen LogP contribution in [0.15, 0.2) is 29.3 Å². The Balaban J connectivity index is 1.87. The first-order valence-electron chi connectivity index (χ1n) is 6.62. The third kappa shape index (κ3) is 1.99. The van der Waals surface area contributed by atoms with Gasteiger partial charge in [0, 0.05) is 6.61 Å². The predicted octanol–water partition coefficient (Wildman–Crippen LogP) is 2.41. The van der Waals surface area contributed by atoms with Crippen LogP contribution in [-0.2, 0) is 4.74 Å². The summed E-state index contributed by atoms with van der Waals surface area (Å²) in [6.45, 7) is 3.51. The first-order valence-corrected chi connectivity index (χ1v) is 7.00. The van der Waals surface area contributed by atoms with E-state index in [0.717, 1.165) is 31.7 Å². The van der Waals surface area contributed by atoms with Gasteiger partial charge in [-0.15, -0.1) is 0 Å². The van der Waals surface area contributed by atoms with E-state index in [4.69, 9.17) is 22.1 Å². The van der Waals surface area contributed by atoms with Crippen LogP contribution in [0.25, 0.3) is 0 Å². The molecule has 3 rings (SSSR count). The minimum Gasteiger partial charge on any atom is -0.378 e. The number of anilines is 1. The molecular formula is C14H18ClN3O. The Morgan fingerprint density at radius 1 is 1.47 bits per heavy atom. The van der Waals surface area contributed by atoms with Gasteiger partial charge in [0.05, 0.1) is 28.9 Å². The Morgan fingerprint density at radius 3 is 2.89 bits per heavy atom. The minimum absolute atomic E-state index is 0.0328. The Kier molecular flexibility index (Phi) is 3.15. The van der Waals surface area contributed by atoms with Crippen LogP contribution < -0.4 is 10.6 Å². The maximum absolute atomic E-state index is 6.29. The summed E-state index contributed by atoms with van der Waals surface area (Å²) in [7, 11) is 0. The van der Waals surface area contributed by atoms with Crippen LogP contribution in [0.3, 0.4) is 0 Å². The average Bonchev–Trinajstić information content (AvgIpc) is 2.68. The predicted molar refractivity (Wildman–Crippen MR) is 77.8 cm³/mol. The second kappa shape index (κ2) is 4.69. The molecule has 1 spiro atoms. The minimum atomic E-state index is -0.0328. The fraction of sp³-hybridized carbons (Fsp3) is 0.500. The Morgan fingerprint density at radius 2 is 2.21 bits per heavy atom. The van der Waals surface area contributed by atoms with Crippen LogP contribution in [-0.4, -0.2) is 30.8 Å². The molecule has 1 fully saturated rings. The zero-order valence-corrected chi connectivity index (χ0v) is 11.7. The van der Waals surface area contributed by atoms with Gasteiger partial charge in [0.2, 0.25) is 0 Å². The van der Waals surface area contributed by atoms with E-state index in [9.17, 15) is 0 Å². The summed E-state index contributed by atoms with van der Waals surface area (Å²) in [5.41, 5.74) is 6.97. The Hall–Kier alpha value is -1.26. The van der Waals surface area contributed by atoms with Crippen molar-refractivity contribution < 1.29 is 4.74 Å². The van der Waals surface area contributed by atoms with Crippen molar-refractivity contribution in [1.82, 2.24) is 0 Å². The van der Waals surface area contributed by atoms with Gasteiger partial charge in [-0.2, -0.15) is 0 Å². The molecule has 0 amide bonds. The molecule has 4 nitrogen and oxygen atoms in total. The van der Waals surface area contributed by atoms with Crippen molar-refractivity contribution in [3.8, 4) is 0 Å². The van der Waals surface area contributed by atoms with Crippen molar-refractivity contribution in [2.75, 3.05) is 18.1 Å². The number of hydrogen-bond donors (Lipinski definition) is 1. The summed E-state index contributed by atoms with van der Waals surface area (Å²) >= 11 is 6.29. The molecule has 2 aliphatic rings. The number of nitrogens with two attached hydrogens (primary N) is 1. The number of rotatable bonds is 3. The van der Waals surface area contributed by atoms with Gasteiger partial charge in [-0.25, -0.2) is 0 Å². The molecule has 0 saturated heterocycles. The molecule has 1 aromatic carbocycles. The lowest BCUT2D eigenvalue weighted by Gasteiger charge is -2.50. The molecule has 0 aromatic heterocycles. The van der Waals surface area contributed by atoms with Gasteiger partial charge in [-0.1, -0.05) is 23.7 Å². The first kappa shape index (κ1) is 12.8. The number of benzene rings is 1. The fourth-order valence-electron chi connectivity index (χ4n) is 3.08. The monoisotopic (exact) mass is 279 g/mol. The van der Waals surface area contributed by atoms with Crippen molar-refractivity contribution in [3.05, 3.63) is 29.3 Å². The van der Waals surface area contributed by atoms with Gasteiger partial charge in [0.15, 0.2) is 5.96 Å². The molecule has 102 valence electrons. The normalized spacial score (nSPS) is 29.5. The van der Waals surface area contributed by atoms with Crippen molar-refractivity contribution in [2.45, 2.75) is 31.4 Å². The second-order valence-electron chi connectivity index (χ2n) is 5.17. The van der Waals surface area contributed by atoms with Gasteiger partial charge in [-0.05, 0) is 31.9 Å². The van der Waals surface area contributed by atoms with Gasteiger partial charge >= 0.3 is 0 Å². The molecular weight excluding hydrogens is 262 g/mol. The zero-order chi connectivity index (χ0) is 13.5. The summed E-state index contributed by atoms with van der Waals surface area (Å²) in [6.07, 6.45) is 2.23. The van der Waals surface area contributed by atoms with Crippen molar-refractivity contribution >= 4 is 23.2 Å². The highest BCUT2D eigenvalue weighted by atomic mass is 35.5.